The van der Waals surface area contributed by atoms with Crippen molar-refractivity contribution in [3.05, 3.63) is 65.7 Å². The van der Waals surface area contributed by atoms with Crippen LogP contribution in [0.2, 0.25) is 0 Å². The number of rotatable bonds is 6. The van der Waals surface area contributed by atoms with Crippen molar-refractivity contribution in [3.8, 4) is 0 Å². The largest absolute Gasteiger partial charge is 0.416 e. The summed E-state index contributed by atoms with van der Waals surface area (Å²) in [6.07, 6.45) is -5.02. The molecule has 1 saturated heterocycles. The minimum atomic E-state index is -4.61. The Kier molecular flexibility index (Phi) is 6.60. The van der Waals surface area contributed by atoms with E-state index >= 15 is 0 Å². The van der Waals surface area contributed by atoms with Gasteiger partial charge in [0.05, 0.1) is 21.3 Å². The molecule has 0 amide bonds. The van der Waals surface area contributed by atoms with Gasteiger partial charge in [-0.15, -0.1) is 0 Å². The number of benzene rings is 2. The van der Waals surface area contributed by atoms with Crippen LogP contribution in [0, 0.1) is 0 Å². The zero-order valence-electron chi connectivity index (χ0n) is 16.9. The highest BCUT2D eigenvalue weighted by atomic mass is 32.2. The van der Waals surface area contributed by atoms with Crippen LogP contribution in [0.3, 0.4) is 0 Å². The van der Waals surface area contributed by atoms with Gasteiger partial charge in [-0.2, -0.15) is 13.2 Å². The first-order valence-electron chi connectivity index (χ1n) is 9.76. The highest BCUT2D eigenvalue weighted by molar-refractivity contribution is 7.92. The van der Waals surface area contributed by atoms with Gasteiger partial charge >= 0.3 is 6.18 Å². The molecule has 0 radical (unpaired) electrons. The Balaban J connectivity index is 1.98. The number of alkyl halides is 3. The molecule has 1 heterocycles. The van der Waals surface area contributed by atoms with Crippen LogP contribution >= 0.6 is 0 Å². The number of sulfone groups is 1. The Labute approximate surface area is 174 Å². The zero-order valence-corrected chi connectivity index (χ0v) is 17.7. The maximum absolute atomic E-state index is 13.5. The van der Waals surface area contributed by atoms with Crippen LogP contribution in [-0.2, 0) is 25.5 Å². The van der Waals surface area contributed by atoms with E-state index in [1.807, 2.05) is 30.3 Å². The van der Waals surface area contributed by atoms with E-state index in [4.69, 9.17) is 9.47 Å². The first-order chi connectivity index (χ1) is 14.1. The fraction of sp³-hybridized carbons (Fsp3) is 0.455. The third kappa shape index (κ3) is 4.26. The van der Waals surface area contributed by atoms with E-state index in [1.54, 1.807) is 6.92 Å². The van der Waals surface area contributed by atoms with Gasteiger partial charge in [-0.3, -0.25) is 0 Å². The van der Waals surface area contributed by atoms with Crippen molar-refractivity contribution >= 4 is 9.84 Å². The molecule has 8 heteroatoms. The summed E-state index contributed by atoms with van der Waals surface area (Å²) in [6, 6.07) is 13.3. The molecule has 4 nitrogen and oxygen atoms in total. The molecule has 3 unspecified atom stereocenters. The Morgan fingerprint density at radius 2 is 1.87 bits per heavy atom. The summed E-state index contributed by atoms with van der Waals surface area (Å²) >= 11 is 0. The van der Waals surface area contributed by atoms with Gasteiger partial charge in [-0.05, 0) is 43.0 Å². The van der Waals surface area contributed by atoms with E-state index in [1.165, 1.54) is 13.2 Å². The van der Waals surface area contributed by atoms with Crippen molar-refractivity contribution in [2.24, 2.45) is 0 Å². The van der Waals surface area contributed by atoms with Crippen LogP contribution in [0.4, 0.5) is 13.2 Å². The number of ether oxygens (including phenoxy) is 2. The molecule has 1 aliphatic rings. The Hall–Kier alpha value is -1.90. The SMILES string of the molecule is CCC1(S(=O)(=O)c2cccc(C(F)(F)F)c2)CCOC(C(OC)c2ccccc2)C1. The molecule has 0 bridgehead atoms. The topological polar surface area (TPSA) is 52.6 Å². The van der Waals surface area contributed by atoms with Crippen LogP contribution in [-0.4, -0.2) is 33.0 Å². The fourth-order valence-electron chi connectivity index (χ4n) is 4.11. The summed E-state index contributed by atoms with van der Waals surface area (Å²) < 4.78 is 76.8. The second-order valence-electron chi connectivity index (χ2n) is 7.50. The third-order valence-electron chi connectivity index (χ3n) is 5.87. The van der Waals surface area contributed by atoms with Gasteiger partial charge in [0, 0.05) is 13.7 Å². The second-order valence-corrected chi connectivity index (χ2v) is 9.84. The van der Waals surface area contributed by atoms with Gasteiger partial charge in [0.15, 0.2) is 9.84 Å². The van der Waals surface area contributed by atoms with E-state index in [2.05, 4.69) is 0 Å². The number of halogens is 3. The fourth-order valence-corrected chi connectivity index (χ4v) is 6.26. The van der Waals surface area contributed by atoms with E-state index in [-0.39, 0.29) is 30.8 Å². The van der Waals surface area contributed by atoms with Crippen LogP contribution in [0.25, 0.3) is 0 Å². The second kappa shape index (κ2) is 8.69. The van der Waals surface area contributed by atoms with Crippen LogP contribution in [0.5, 0.6) is 0 Å². The highest BCUT2D eigenvalue weighted by Gasteiger charge is 2.49. The highest BCUT2D eigenvalue weighted by Crippen LogP contribution is 2.43. The monoisotopic (exact) mass is 442 g/mol. The van der Waals surface area contributed by atoms with Crippen molar-refractivity contribution in [2.45, 2.75) is 54.2 Å². The standard InChI is InChI=1S/C22H25F3O4S/c1-3-21(30(26,27)18-11-7-10-17(14-18)22(23,24)25)12-13-29-19(15-21)20(28-2)16-8-5-4-6-9-16/h4-11,14,19-20H,3,12-13,15H2,1-2H3. The molecule has 2 aromatic carbocycles. The normalized spacial score (nSPS) is 23.8. The maximum atomic E-state index is 13.5. The van der Waals surface area contributed by atoms with Crippen molar-refractivity contribution in [1.82, 2.24) is 0 Å². The molecular formula is C22H25F3O4S. The summed E-state index contributed by atoms with van der Waals surface area (Å²) in [5.41, 5.74) is -0.120. The van der Waals surface area contributed by atoms with E-state index in [0.717, 1.165) is 23.8 Å². The minimum Gasteiger partial charge on any atom is -0.375 e. The number of hydrogen-bond donors (Lipinski definition) is 0. The average Bonchev–Trinajstić information content (AvgIpc) is 2.74. The van der Waals surface area contributed by atoms with Crippen molar-refractivity contribution in [3.63, 3.8) is 0 Å². The van der Waals surface area contributed by atoms with Crippen molar-refractivity contribution in [1.29, 1.82) is 0 Å². The van der Waals surface area contributed by atoms with E-state index in [9.17, 15) is 21.6 Å². The number of methoxy groups -OCH3 is 1. The predicted molar refractivity (Wildman–Crippen MR) is 107 cm³/mol. The van der Waals surface area contributed by atoms with Gasteiger partial charge in [-0.25, -0.2) is 8.42 Å². The molecule has 1 aliphatic heterocycles. The van der Waals surface area contributed by atoms with Gasteiger partial charge in [-0.1, -0.05) is 43.3 Å². The lowest BCUT2D eigenvalue weighted by Gasteiger charge is -2.42. The lowest BCUT2D eigenvalue weighted by Crippen LogP contribution is -2.48. The van der Waals surface area contributed by atoms with Crippen LogP contribution in [0.1, 0.15) is 43.4 Å². The Bertz CT molecular complexity index is 960. The molecule has 0 N–H and O–H groups in total. The zero-order chi connectivity index (χ0) is 22.0. The minimum absolute atomic E-state index is 0.134. The average molecular weight is 442 g/mol. The summed E-state index contributed by atoms with van der Waals surface area (Å²) in [6.45, 7) is 1.93. The lowest BCUT2D eigenvalue weighted by atomic mass is 9.88. The Morgan fingerprint density at radius 1 is 1.17 bits per heavy atom. The first kappa shape index (κ1) is 22.8. The first-order valence-corrected chi connectivity index (χ1v) is 11.2. The molecule has 164 valence electrons. The quantitative estimate of drug-likeness (QED) is 0.618. The molecule has 0 spiro atoms. The van der Waals surface area contributed by atoms with Gasteiger partial charge in [0.2, 0.25) is 0 Å². The molecular weight excluding hydrogens is 417 g/mol. The molecule has 2 aromatic rings. The van der Waals surface area contributed by atoms with E-state index in [0.29, 0.717) is 0 Å². The molecule has 3 atom stereocenters. The molecule has 30 heavy (non-hydrogen) atoms. The molecule has 0 aromatic heterocycles. The predicted octanol–water partition coefficient (Wildman–Crippen LogP) is 5.19. The molecule has 1 fully saturated rings. The van der Waals surface area contributed by atoms with Gasteiger partial charge in [0.25, 0.3) is 0 Å². The van der Waals surface area contributed by atoms with E-state index < -0.39 is 38.5 Å². The molecule has 3 rings (SSSR count). The summed E-state index contributed by atoms with van der Waals surface area (Å²) in [5, 5.41) is 0. The molecule has 0 aliphatic carbocycles. The number of hydrogen-bond acceptors (Lipinski definition) is 4. The molecule has 0 saturated carbocycles. The summed E-state index contributed by atoms with van der Waals surface area (Å²) in [4.78, 5) is -0.312. The van der Waals surface area contributed by atoms with Crippen LogP contribution in [0.15, 0.2) is 59.5 Å². The van der Waals surface area contributed by atoms with Crippen LogP contribution < -0.4 is 0 Å². The Morgan fingerprint density at radius 3 is 2.47 bits per heavy atom. The third-order valence-corrected chi connectivity index (χ3v) is 8.54. The lowest BCUT2D eigenvalue weighted by molar-refractivity contribution is -0.137. The maximum Gasteiger partial charge on any atom is 0.416 e. The smallest absolute Gasteiger partial charge is 0.375 e. The van der Waals surface area contributed by atoms with Gasteiger partial charge < -0.3 is 9.47 Å². The van der Waals surface area contributed by atoms with Crippen molar-refractivity contribution < 1.29 is 31.1 Å². The van der Waals surface area contributed by atoms with Gasteiger partial charge in [0.1, 0.15) is 6.10 Å². The summed E-state index contributed by atoms with van der Waals surface area (Å²) in [7, 11) is -2.52. The summed E-state index contributed by atoms with van der Waals surface area (Å²) in [5.74, 6) is 0. The van der Waals surface area contributed by atoms with Crippen molar-refractivity contribution in [2.75, 3.05) is 13.7 Å².